The SMILES string of the molecule is CC[O][Zr]([CH2]C(C)(C)c1ccccc1)([CH2]C(C)(C)c1ccccc1)[CH2]C(C)(C)c1ccccc1. The molecule has 1 nitrogen and oxygen atoms in total. The molecule has 3 aromatic carbocycles. The first-order valence-electron chi connectivity index (χ1n) is 12.8. The van der Waals surface area contributed by atoms with Crippen LogP contribution in [0.3, 0.4) is 0 Å². The second kappa shape index (κ2) is 11.1. The minimum absolute atomic E-state index is 0.0754. The third kappa shape index (κ3) is 6.80. The fourth-order valence-electron chi connectivity index (χ4n) is 6.04. The predicted molar refractivity (Wildman–Crippen MR) is 144 cm³/mol. The summed E-state index contributed by atoms with van der Waals surface area (Å²) in [5.41, 5.74) is 4.49. The Morgan fingerprint density at radius 2 is 0.765 bits per heavy atom. The van der Waals surface area contributed by atoms with Gasteiger partial charge >= 0.3 is 215 Å². The van der Waals surface area contributed by atoms with E-state index >= 15 is 0 Å². The molecule has 0 saturated carbocycles. The van der Waals surface area contributed by atoms with Crippen molar-refractivity contribution in [2.75, 3.05) is 6.61 Å². The van der Waals surface area contributed by atoms with Gasteiger partial charge in [0.2, 0.25) is 0 Å². The van der Waals surface area contributed by atoms with Crippen LogP contribution >= 0.6 is 0 Å². The summed E-state index contributed by atoms with van der Waals surface area (Å²) >= 11 is -3.26. The summed E-state index contributed by atoms with van der Waals surface area (Å²) in [5, 5.41) is 0. The van der Waals surface area contributed by atoms with E-state index in [-0.39, 0.29) is 16.2 Å². The van der Waals surface area contributed by atoms with Gasteiger partial charge in [0, 0.05) is 0 Å². The van der Waals surface area contributed by atoms with Gasteiger partial charge in [-0.15, -0.1) is 0 Å². The average molecular weight is 536 g/mol. The van der Waals surface area contributed by atoms with Gasteiger partial charge in [-0.3, -0.25) is 0 Å². The summed E-state index contributed by atoms with van der Waals surface area (Å²) in [6.45, 7) is 17.6. The maximum absolute atomic E-state index is 7.11. The molecular formula is C32H44OZr. The second-order valence-electron chi connectivity index (χ2n) is 11.9. The van der Waals surface area contributed by atoms with Gasteiger partial charge in [0.25, 0.3) is 0 Å². The number of rotatable bonds is 11. The molecule has 0 heterocycles. The Kier molecular flexibility index (Phi) is 8.81. The molecule has 34 heavy (non-hydrogen) atoms. The fraction of sp³-hybridized carbons (Fsp3) is 0.438. The molecule has 0 radical (unpaired) electrons. The van der Waals surface area contributed by atoms with Crippen molar-refractivity contribution in [3.8, 4) is 0 Å². The number of benzene rings is 3. The van der Waals surface area contributed by atoms with E-state index in [1.807, 2.05) is 0 Å². The van der Waals surface area contributed by atoms with Crippen LogP contribution in [0.4, 0.5) is 0 Å². The van der Waals surface area contributed by atoms with Gasteiger partial charge in [0.05, 0.1) is 0 Å². The zero-order chi connectivity index (χ0) is 24.9. The molecule has 0 fully saturated rings. The summed E-state index contributed by atoms with van der Waals surface area (Å²) in [7, 11) is 0. The van der Waals surface area contributed by atoms with Crippen LogP contribution in [0.2, 0.25) is 12.4 Å². The molecule has 182 valence electrons. The van der Waals surface area contributed by atoms with Gasteiger partial charge in [0.15, 0.2) is 0 Å². The van der Waals surface area contributed by atoms with Crippen molar-refractivity contribution in [1.82, 2.24) is 0 Å². The van der Waals surface area contributed by atoms with E-state index < -0.39 is 20.7 Å². The van der Waals surface area contributed by atoms with Gasteiger partial charge in [-0.2, -0.15) is 0 Å². The first kappa shape index (κ1) is 27.1. The molecule has 0 atom stereocenters. The molecular weight excluding hydrogens is 492 g/mol. The Morgan fingerprint density at radius 1 is 0.500 bits per heavy atom. The van der Waals surface area contributed by atoms with E-state index in [0.29, 0.717) is 0 Å². The van der Waals surface area contributed by atoms with Crippen molar-refractivity contribution in [3.05, 3.63) is 108 Å². The molecule has 0 unspecified atom stereocenters. The van der Waals surface area contributed by atoms with Crippen LogP contribution in [-0.4, -0.2) is 6.61 Å². The normalized spacial score (nSPS) is 13.1. The van der Waals surface area contributed by atoms with Crippen LogP contribution in [0, 0.1) is 0 Å². The van der Waals surface area contributed by atoms with Crippen molar-refractivity contribution < 1.29 is 23.5 Å². The molecule has 0 aromatic heterocycles. The van der Waals surface area contributed by atoms with Crippen molar-refractivity contribution in [2.24, 2.45) is 0 Å². The van der Waals surface area contributed by atoms with Gasteiger partial charge in [-0.1, -0.05) is 0 Å². The second-order valence-corrected chi connectivity index (χ2v) is 21.0. The van der Waals surface area contributed by atoms with Crippen LogP contribution < -0.4 is 0 Å². The molecule has 0 amide bonds. The molecule has 3 aromatic rings. The van der Waals surface area contributed by atoms with E-state index in [9.17, 15) is 0 Å². The summed E-state index contributed by atoms with van der Waals surface area (Å²) in [4.78, 5) is 0. The van der Waals surface area contributed by atoms with Crippen molar-refractivity contribution >= 4 is 0 Å². The summed E-state index contributed by atoms with van der Waals surface area (Å²) in [6.07, 6.45) is 0. The third-order valence-electron chi connectivity index (χ3n) is 7.41. The molecule has 0 N–H and O–H groups in total. The first-order valence-corrected chi connectivity index (χ1v) is 19.0. The zero-order valence-electron chi connectivity index (χ0n) is 22.4. The van der Waals surface area contributed by atoms with E-state index in [0.717, 1.165) is 6.61 Å². The predicted octanol–water partition coefficient (Wildman–Crippen LogP) is 9.28. The van der Waals surface area contributed by atoms with Gasteiger partial charge in [-0.25, -0.2) is 0 Å². The monoisotopic (exact) mass is 534 g/mol. The van der Waals surface area contributed by atoms with Crippen LogP contribution in [0.25, 0.3) is 0 Å². The average Bonchev–Trinajstić information content (AvgIpc) is 2.80. The maximum atomic E-state index is 7.11. The standard InChI is InChI=1S/3C10H13.C2H5O.Zr/c3*1-10(2,3)9-7-5-4-6-8-9;1-2-3;/h3*4-8H,1H2,2-3H3;2H2,1H3;/q;;;-1;+1. The minimum atomic E-state index is -3.26. The Labute approximate surface area is 214 Å². The van der Waals surface area contributed by atoms with E-state index in [1.54, 1.807) is 0 Å². The first-order chi connectivity index (χ1) is 16.0. The molecule has 2 heteroatoms. The van der Waals surface area contributed by atoms with Crippen LogP contribution in [0.5, 0.6) is 0 Å². The Hall–Kier alpha value is -1.50. The quantitative estimate of drug-likeness (QED) is 0.238. The van der Waals surface area contributed by atoms with E-state index in [1.165, 1.54) is 29.1 Å². The van der Waals surface area contributed by atoms with E-state index in [2.05, 4.69) is 139 Å². The molecule has 0 spiro atoms. The van der Waals surface area contributed by atoms with Gasteiger partial charge < -0.3 is 0 Å². The third-order valence-corrected chi connectivity index (χ3v) is 20.9. The molecule has 0 aliphatic carbocycles. The van der Waals surface area contributed by atoms with Gasteiger partial charge in [-0.05, 0) is 0 Å². The molecule has 0 bridgehead atoms. The molecule has 3 rings (SSSR count). The zero-order valence-corrected chi connectivity index (χ0v) is 24.9. The van der Waals surface area contributed by atoms with E-state index in [4.69, 9.17) is 2.81 Å². The summed E-state index contributed by atoms with van der Waals surface area (Å²) < 4.78 is 10.6. The molecule has 0 aliphatic heterocycles. The Morgan fingerprint density at radius 3 is 1.00 bits per heavy atom. The molecule has 0 aliphatic rings. The number of hydrogen-bond acceptors (Lipinski definition) is 1. The topological polar surface area (TPSA) is 9.23 Å². The number of hydrogen-bond donors (Lipinski definition) is 0. The summed E-state index contributed by atoms with van der Waals surface area (Å²) in [6, 6.07) is 33.2. The Bertz CT molecular complexity index is 877. The van der Waals surface area contributed by atoms with Crippen molar-refractivity contribution in [3.63, 3.8) is 0 Å². The van der Waals surface area contributed by atoms with Crippen LogP contribution in [-0.2, 0) is 39.8 Å². The summed E-state index contributed by atoms with van der Waals surface area (Å²) in [5.74, 6) is 0. The van der Waals surface area contributed by atoms with Crippen LogP contribution in [0.1, 0.15) is 65.2 Å². The Balaban J connectivity index is 2.07. The van der Waals surface area contributed by atoms with Gasteiger partial charge in [0.1, 0.15) is 0 Å². The van der Waals surface area contributed by atoms with Crippen molar-refractivity contribution in [2.45, 2.75) is 77.1 Å². The molecule has 0 saturated heterocycles. The van der Waals surface area contributed by atoms with Crippen molar-refractivity contribution in [1.29, 1.82) is 0 Å². The fourth-order valence-corrected chi connectivity index (χ4v) is 22.6. The van der Waals surface area contributed by atoms with Crippen LogP contribution in [0.15, 0.2) is 91.0 Å².